The molecule has 0 spiro atoms. The Balaban J connectivity index is 2.61. The number of carbonyl (C=O) groups excluding carboxylic acids is 1. The second-order valence-corrected chi connectivity index (χ2v) is 5.77. The molecular formula is C15H21Cl2NO2. The van der Waals surface area contributed by atoms with Crippen LogP contribution in [0.2, 0.25) is 10.0 Å². The van der Waals surface area contributed by atoms with Gasteiger partial charge in [-0.15, -0.1) is 0 Å². The lowest BCUT2D eigenvalue weighted by Crippen LogP contribution is -2.36. The Morgan fingerprint density at radius 2 is 2.00 bits per heavy atom. The zero-order valence-electron chi connectivity index (χ0n) is 11.9. The van der Waals surface area contributed by atoms with Gasteiger partial charge in [-0.1, -0.05) is 23.2 Å². The Labute approximate surface area is 130 Å². The van der Waals surface area contributed by atoms with E-state index in [-0.39, 0.29) is 18.4 Å². The monoisotopic (exact) mass is 317 g/mol. The van der Waals surface area contributed by atoms with E-state index in [4.69, 9.17) is 28.3 Å². The molecule has 1 rings (SSSR count). The van der Waals surface area contributed by atoms with Crippen molar-refractivity contribution in [2.24, 2.45) is 0 Å². The molecular weight excluding hydrogens is 297 g/mol. The molecule has 1 unspecified atom stereocenters. The number of Topliss-reactive ketones (excluding diaryl/α,β-unsaturated/α-hetero) is 1. The Kier molecular flexibility index (Phi) is 7.52. The molecule has 1 aromatic rings. The third-order valence-electron chi connectivity index (χ3n) is 3.41. The Bertz CT molecular complexity index is 451. The molecule has 1 atom stereocenters. The van der Waals surface area contributed by atoms with Crippen molar-refractivity contribution in [3.63, 3.8) is 0 Å². The summed E-state index contributed by atoms with van der Waals surface area (Å²) in [7, 11) is 1.92. The maximum atomic E-state index is 12.4. The highest BCUT2D eigenvalue weighted by atomic mass is 35.5. The lowest BCUT2D eigenvalue weighted by atomic mass is 10.0. The van der Waals surface area contributed by atoms with E-state index >= 15 is 0 Å². The molecule has 0 aromatic heterocycles. The molecule has 0 fully saturated rings. The second-order valence-electron chi connectivity index (χ2n) is 4.93. The number of nitrogens with zero attached hydrogens (tertiary/aromatic N) is 1. The molecule has 0 radical (unpaired) electrons. The summed E-state index contributed by atoms with van der Waals surface area (Å²) in [4.78, 5) is 14.4. The molecule has 20 heavy (non-hydrogen) atoms. The molecule has 0 saturated heterocycles. The van der Waals surface area contributed by atoms with Crippen molar-refractivity contribution in [3.8, 4) is 0 Å². The predicted octanol–water partition coefficient (Wildman–Crippen LogP) is 3.66. The van der Waals surface area contributed by atoms with Crippen LogP contribution in [-0.2, 0) is 0 Å². The van der Waals surface area contributed by atoms with Gasteiger partial charge in [0.05, 0.1) is 11.1 Å². The number of ketones is 1. The molecule has 1 N–H and O–H groups in total. The van der Waals surface area contributed by atoms with Gasteiger partial charge >= 0.3 is 0 Å². The fourth-order valence-electron chi connectivity index (χ4n) is 1.96. The average molecular weight is 318 g/mol. The Hall–Kier alpha value is -0.610. The fourth-order valence-corrected chi connectivity index (χ4v) is 2.46. The number of carbonyl (C=O) groups is 1. The van der Waals surface area contributed by atoms with Crippen LogP contribution in [0, 0.1) is 0 Å². The summed E-state index contributed by atoms with van der Waals surface area (Å²) in [5.41, 5.74) is 0.505. The highest BCUT2D eigenvalue weighted by Gasteiger charge is 2.21. The molecule has 5 heteroatoms. The van der Waals surface area contributed by atoms with Gasteiger partial charge in [0, 0.05) is 17.2 Å². The number of hydrogen-bond acceptors (Lipinski definition) is 3. The van der Waals surface area contributed by atoms with E-state index in [9.17, 15) is 4.79 Å². The number of aliphatic hydroxyl groups excluding tert-OH is 1. The average Bonchev–Trinajstić information content (AvgIpc) is 2.42. The minimum Gasteiger partial charge on any atom is -0.396 e. The van der Waals surface area contributed by atoms with Crippen molar-refractivity contribution in [1.29, 1.82) is 0 Å². The van der Waals surface area contributed by atoms with Crippen molar-refractivity contribution < 1.29 is 9.90 Å². The van der Waals surface area contributed by atoms with Crippen LogP contribution in [0.15, 0.2) is 18.2 Å². The van der Waals surface area contributed by atoms with E-state index in [1.54, 1.807) is 18.2 Å². The van der Waals surface area contributed by atoms with E-state index in [1.807, 2.05) is 18.9 Å². The zero-order valence-corrected chi connectivity index (χ0v) is 13.4. The topological polar surface area (TPSA) is 40.5 Å². The molecule has 1 aromatic carbocycles. The van der Waals surface area contributed by atoms with Crippen LogP contribution in [0.25, 0.3) is 0 Å². The van der Waals surface area contributed by atoms with Crippen LogP contribution in [0.3, 0.4) is 0 Å². The fraction of sp³-hybridized carbons (Fsp3) is 0.533. The molecule has 0 aliphatic rings. The summed E-state index contributed by atoms with van der Waals surface area (Å²) in [6, 6.07) is 4.70. The maximum absolute atomic E-state index is 12.4. The van der Waals surface area contributed by atoms with E-state index in [0.717, 1.165) is 25.8 Å². The highest BCUT2D eigenvalue weighted by molar-refractivity contribution is 6.37. The normalized spacial score (nSPS) is 12.7. The Morgan fingerprint density at radius 3 is 2.60 bits per heavy atom. The number of halogens is 2. The summed E-state index contributed by atoms with van der Waals surface area (Å²) in [6.07, 6.45) is 2.73. The van der Waals surface area contributed by atoms with Gasteiger partial charge in [0.2, 0.25) is 0 Å². The number of likely N-dealkylation sites (N-methyl/N-ethyl adjacent to an activating group) is 1. The number of unbranched alkanes of at least 4 members (excludes halogenated alkanes) is 2. The standard InChI is InChI=1S/C15H21Cl2NO2/c1-11(18(2)8-4-3-5-9-19)15(20)13-7-6-12(16)10-14(13)17/h6-7,10-11,19H,3-5,8-9H2,1-2H3. The molecule has 0 amide bonds. The third kappa shape index (κ3) is 5.06. The number of hydrogen-bond donors (Lipinski definition) is 1. The van der Waals surface area contributed by atoms with Gasteiger partial charge in [0.1, 0.15) is 0 Å². The van der Waals surface area contributed by atoms with Crippen LogP contribution in [0.1, 0.15) is 36.5 Å². The summed E-state index contributed by atoms with van der Waals surface area (Å²) in [6.45, 7) is 2.91. The van der Waals surface area contributed by atoms with Crippen LogP contribution in [0.5, 0.6) is 0 Å². The molecule has 0 aliphatic carbocycles. The summed E-state index contributed by atoms with van der Waals surface area (Å²) in [5.74, 6) is -0.00340. The van der Waals surface area contributed by atoms with Gasteiger partial charge in [0.15, 0.2) is 5.78 Å². The van der Waals surface area contributed by atoms with E-state index in [0.29, 0.717) is 15.6 Å². The minimum absolute atomic E-state index is 0.00340. The minimum atomic E-state index is -0.234. The van der Waals surface area contributed by atoms with Crippen LogP contribution in [-0.4, -0.2) is 42.0 Å². The van der Waals surface area contributed by atoms with Gasteiger partial charge < -0.3 is 5.11 Å². The molecule has 112 valence electrons. The predicted molar refractivity (Wildman–Crippen MR) is 83.8 cm³/mol. The summed E-state index contributed by atoms with van der Waals surface area (Å²) >= 11 is 11.9. The smallest absolute Gasteiger partial charge is 0.181 e. The zero-order chi connectivity index (χ0) is 15.1. The lowest BCUT2D eigenvalue weighted by molar-refractivity contribution is 0.0866. The van der Waals surface area contributed by atoms with Crippen molar-refractivity contribution in [2.45, 2.75) is 32.2 Å². The third-order valence-corrected chi connectivity index (χ3v) is 3.95. The first-order chi connectivity index (χ1) is 9.47. The number of benzene rings is 1. The van der Waals surface area contributed by atoms with Crippen LogP contribution < -0.4 is 0 Å². The number of rotatable bonds is 8. The quantitative estimate of drug-likeness (QED) is 0.587. The summed E-state index contributed by atoms with van der Waals surface area (Å²) < 4.78 is 0. The lowest BCUT2D eigenvalue weighted by Gasteiger charge is -2.23. The second kappa shape index (κ2) is 8.63. The molecule has 0 aliphatic heterocycles. The van der Waals surface area contributed by atoms with Gasteiger partial charge in [-0.25, -0.2) is 0 Å². The number of aliphatic hydroxyl groups is 1. The first kappa shape index (κ1) is 17.4. The highest BCUT2D eigenvalue weighted by Crippen LogP contribution is 2.23. The van der Waals surface area contributed by atoms with Crippen LogP contribution >= 0.6 is 23.2 Å². The van der Waals surface area contributed by atoms with Gasteiger partial charge in [-0.05, 0) is 58.0 Å². The van der Waals surface area contributed by atoms with Crippen molar-refractivity contribution in [2.75, 3.05) is 20.2 Å². The Morgan fingerprint density at radius 1 is 1.30 bits per heavy atom. The first-order valence-electron chi connectivity index (χ1n) is 6.77. The van der Waals surface area contributed by atoms with Crippen molar-refractivity contribution >= 4 is 29.0 Å². The van der Waals surface area contributed by atoms with E-state index in [1.165, 1.54) is 0 Å². The first-order valence-corrected chi connectivity index (χ1v) is 7.53. The van der Waals surface area contributed by atoms with E-state index < -0.39 is 0 Å². The van der Waals surface area contributed by atoms with Gasteiger partial charge in [0.25, 0.3) is 0 Å². The van der Waals surface area contributed by atoms with Crippen molar-refractivity contribution in [1.82, 2.24) is 4.90 Å². The maximum Gasteiger partial charge on any atom is 0.181 e. The molecule has 0 bridgehead atoms. The largest absolute Gasteiger partial charge is 0.396 e. The molecule has 0 heterocycles. The van der Waals surface area contributed by atoms with Crippen molar-refractivity contribution in [3.05, 3.63) is 33.8 Å². The van der Waals surface area contributed by atoms with Gasteiger partial charge in [-0.3, -0.25) is 9.69 Å². The SMILES string of the molecule is CC(C(=O)c1ccc(Cl)cc1Cl)N(C)CCCCCO. The molecule has 0 saturated carbocycles. The molecule has 3 nitrogen and oxygen atoms in total. The van der Waals surface area contributed by atoms with Crippen LogP contribution in [0.4, 0.5) is 0 Å². The van der Waals surface area contributed by atoms with E-state index in [2.05, 4.69) is 0 Å². The summed E-state index contributed by atoms with van der Waals surface area (Å²) in [5, 5.41) is 9.65. The van der Waals surface area contributed by atoms with Gasteiger partial charge in [-0.2, -0.15) is 0 Å².